The Balaban J connectivity index is 4.43. The van der Waals surface area contributed by atoms with Gasteiger partial charge in [-0.05, 0) is 89.9 Å². The van der Waals surface area contributed by atoms with Crippen LogP contribution in [0.1, 0.15) is 239 Å². The number of hydrogen-bond acceptors (Lipinski definition) is 6. The summed E-state index contributed by atoms with van der Waals surface area (Å²) < 4.78 is 16.7. The number of carbonyl (C=O) groups is 3. The summed E-state index contributed by atoms with van der Waals surface area (Å²) in [6, 6.07) is 0. The van der Waals surface area contributed by atoms with Crippen LogP contribution in [0.25, 0.3) is 0 Å². The largest absolute Gasteiger partial charge is 0.462 e. The minimum atomic E-state index is -0.794. The molecule has 0 amide bonds. The molecule has 0 rings (SSSR count). The number of allylic oxidation sites excluding steroid dienone is 12. The molecule has 0 saturated carbocycles. The van der Waals surface area contributed by atoms with E-state index in [-0.39, 0.29) is 31.1 Å². The first-order valence-corrected chi connectivity index (χ1v) is 25.4. The van der Waals surface area contributed by atoms with Gasteiger partial charge >= 0.3 is 17.9 Å². The summed E-state index contributed by atoms with van der Waals surface area (Å²) in [5.74, 6) is -0.941. The van der Waals surface area contributed by atoms with Gasteiger partial charge in [-0.2, -0.15) is 0 Å². The van der Waals surface area contributed by atoms with Crippen molar-refractivity contribution in [2.24, 2.45) is 0 Å². The van der Waals surface area contributed by atoms with Crippen molar-refractivity contribution in [3.63, 3.8) is 0 Å². The topological polar surface area (TPSA) is 78.9 Å². The summed E-state index contributed by atoms with van der Waals surface area (Å²) in [7, 11) is 0. The SMILES string of the molecule is CC/C=C\C/C=C\C/C=C\C/C=C\C/C=C\CCCCCC(=O)OCC(COC(=O)CCCCCCCCCCCCC)OC(=O)CCCCC/C=C\CCCCCCCC. The molecule has 350 valence electrons. The van der Waals surface area contributed by atoms with Crippen LogP contribution in [0, 0.1) is 0 Å². The minimum absolute atomic E-state index is 0.0907. The second kappa shape index (κ2) is 49.5. The van der Waals surface area contributed by atoms with Crippen LogP contribution in [0.3, 0.4) is 0 Å². The van der Waals surface area contributed by atoms with E-state index in [4.69, 9.17) is 14.2 Å². The third kappa shape index (κ3) is 47.7. The normalized spacial score (nSPS) is 12.6. The molecule has 0 fully saturated rings. The molecule has 0 aromatic carbocycles. The second-order valence-corrected chi connectivity index (χ2v) is 16.7. The Kier molecular flexibility index (Phi) is 46.9. The Bertz CT molecular complexity index is 1160. The van der Waals surface area contributed by atoms with Gasteiger partial charge < -0.3 is 14.2 Å². The zero-order chi connectivity index (χ0) is 44.4. The highest BCUT2D eigenvalue weighted by atomic mass is 16.6. The van der Waals surface area contributed by atoms with E-state index in [2.05, 4.69) is 93.7 Å². The molecule has 0 aliphatic heterocycles. The second-order valence-electron chi connectivity index (χ2n) is 16.7. The quantitative estimate of drug-likeness (QED) is 0.0263. The van der Waals surface area contributed by atoms with Crippen molar-refractivity contribution < 1.29 is 28.6 Å². The number of rotatable bonds is 45. The number of esters is 3. The lowest BCUT2D eigenvalue weighted by atomic mass is 10.1. The third-order valence-electron chi connectivity index (χ3n) is 10.7. The molecule has 0 spiro atoms. The van der Waals surface area contributed by atoms with E-state index >= 15 is 0 Å². The molecule has 0 aliphatic rings. The fourth-order valence-electron chi connectivity index (χ4n) is 6.87. The zero-order valence-corrected chi connectivity index (χ0v) is 39.9. The maximum atomic E-state index is 12.8. The summed E-state index contributed by atoms with van der Waals surface area (Å²) in [6.45, 7) is 6.46. The van der Waals surface area contributed by atoms with Crippen molar-refractivity contribution in [2.45, 2.75) is 245 Å². The van der Waals surface area contributed by atoms with Crippen molar-refractivity contribution >= 4 is 17.9 Å². The lowest BCUT2D eigenvalue weighted by Crippen LogP contribution is -2.30. The van der Waals surface area contributed by atoms with E-state index in [0.717, 1.165) is 109 Å². The van der Waals surface area contributed by atoms with Gasteiger partial charge in [-0.3, -0.25) is 14.4 Å². The van der Waals surface area contributed by atoms with Gasteiger partial charge in [-0.25, -0.2) is 0 Å². The van der Waals surface area contributed by atoms with Crippen molar-refractivity contribution in [3.05, 3.63) is 72.9 Å². The average Bonchev–Trinajstić information content (AvgIpc) is 3.26. The first-order chi connectivity index (χ1) is 30.0. The molecule has 1 unspecified atom stereocenters. The molecule has 0 radical (unpaired) electrons. The number of ether oxygens (including phenoxy) is 3. The van der Waals surface area contributed by atoms with Crippen molar-refractivity contribution in [3.8, 4) is 0 Å². The van der Waals surface area contributed by atoms with Crippen LogP contribution in [0.2, 0.25) is 0 Å². The van der Waals surface area contributed by atoms with E-state index in [9.17, 15) is 14.4 Å². The van der Waals surface area contributed by atoms with Gasteiger partial charge in [-0.15, -0.1) is 0 Å². The Morgan fingerprint density at radius 1 is 0.344 bits per heavy atom. The maximum Gasteiger partial charge on any atom is 0.306 e. The lowest BCUT2D eigenvalue weighted by Gasteiger charge is -2.18. The highest BCUT2D eigenvalue weighted by Crippen LogP contribution is 2.14. The van der Waals surface area contributed by atoms with Crippen LogP contribution < -0.4 is 0 Å². The summed E-state index contributed by atoms with van der Waals surface area (Å²) in [5.41, 5.74) is 0. The van der Waals surface area contributed by atoms with E-state index in [1.807, 2.05) is 0 Å². The molecule has 0 N–H and O–H groups in total. The van der Waals surface area contributed by atoms with Crippen LogP contribution in [0.4, 0.5) is 0 Å². The average molecular weight is 851 g/mol. The van der Waals surface area contributed by atoms with E-state index < -0.39 is 6.10 Å². The van der Waals surface area contributed by atoms with E-state index in [1.54, 1.807) is 0 Å². The summed E-state index contributed by atoms with van der Waals surface area (Å²) in [6.07, 6.45) is 61.7. The fourth-order valence-corrected chi connectivity index (χ4v) is 6.87. The number of unbranched alkanes of at least 4 members (excludes halogenated alkanes) is 22. The molecule has 1 atom stereocenters. The Hall–Kier alpha value is -3.15. The third-order valence-corrected chi connectivity index (χ3v) is 10.7. The van der Waals surface area contributed by atoms with Crippen molar-refractivity contribution in [1.82, 2.24) is 0 Å². The molecule has 0 saturated heterocycles. The Labute approximate surface area is 376 Å². The monoisotopic (exact) mass is 851 g/mol. The molecule has 0 heterocycles. The van der Waals surface area contributed by atoms with Gasteiger partial charge in [0.15, 0.2) is 6.10 Å². The molecule has 0 aliphatic carbocycles. The van der Waals surface area contributed by atoms with Gasteiger partial charge in [0.2, 0.25) is 0 Å². The number of hydrogen-bond donors (Lipinski definition) is 0. The zero-order valence-electron chi connectivity index (χ0n) is 39.9. The van der Waals surface area contributed by atoms with Crippen LogP contribution in [0.15, 0.2) is 72.9 Å². The lowest BCUT2D eigenvalue weighted by molar-refractivity contribution is -0.167. The standard InChI is InChI=1S/C55H94O6/c1-4-7-10-13-16-19-22-24-25-26-27-28-29-31-33-36-39-42-45-48-54(57)60-51-52(50-59-53(56)47-44-41-38-35-32-21-18-15-12-9-6-3)61-55(58)49-46-43-40-37-34-30-23-20-17-14-11-8-5-2/h7,10,16,19,24-25,27-28,30-31,33-34,52H,4-6,8-9,11-15,17-18,20-23,26,29,32,35-51H2,1-3H3/b10-7-,19-16-,25-24-,28-27-,33-31-,34-30-. The van der Waals surface area contributed by atoms with Gasteiger partial charge in [0.05, 0.1) is 0 Å². The highest BCUT2D eigenvalue weighted by Gasteiger charge is 2.19. The Morgan fingerprint density at radius 2 is 0.639 bits per heavy atom. The molecular formula is C55H94O6. The Morgan fingerprint density at radius 3 is 1.03 bits per heavy atom. The van der Waals surface area contributed by atoms with Gasteiger partial charge in [0.25, 0.3) is 0 Å². The van der Waals surface area contributed by atoms with Crippen LogP contribution in [-0.2, 0) is 28.6 Å². The maximum absolute atomic E-state index is 12.8. The molecule has 6 heteroatoms. The van der Waals surface area contributed by atoms with Crippen molar-refractivity contribution in [2.75, 3.05) is 13.2 Å². The molecular weight excluding hydrogens is 757 g/mol. The van der Waals surface area contributed by atoms with Crippen molar-refractivity contribution in [1.29, 1.82) is 0 Å². The van der Waals surface area contributed by atoms with Gasteiger partial charge in [0.1, 0.15) is 13.2 Å². The summed E-state index contributed by atoms with van der Waals surface area (Å²) in [5, 5.41) is 0. The van der Waals surface area contributed by atoms with E-state index in [0.29, 0.717) is 19.3 Å². The van der Waals surface area contributed by atoms with Crippen LogP contribution in [0.5, 0.6) is 0 Å². The highest BCUT2D eigenvalue weighted by molar-refractivity contribution is 5.71. The predicted octanol–water partition coefficient (Wildman–Crippen LogP) is 16.6. The number of carbonyl (C=O) groups excluding carboxylic acids is 3. The molecule has 61 heavy (non-hydrogen) atoms. The minimum Gasteiger partial charge on any atom is -0.462 e. The fraction of sp³-hybridized carbons (Fsp3) is 0.727. The van der Waals surface area contributed by atoms with Crippen LogP contribution in [-0.4, -0.2) is 37.2 Å². The first-order valence-electron chi connectivity index (χ1n) is 25.4. The van der Waals surface area contributed by atoms with Crippen LogP contribution >= 0.6 is 0 Å². The van der Waals surface area contributed by atoms with E-state index in [1.165, 1.54) is 89.9 Å². The molecule has 0 aromatic heterocycles. The summed E-state index contributed by atoms with van der Waals surface area (Å²) >= 11 is 0. The predicted molar refractivity (Wildman–Crippen MR) is 261 cm³/mol. The van der Waals surface area contributed by atoms with Gasteiger partial charge in [0, 0.05) is 19.3 Å². The molecule has 6 nitrogen and oxygen atoms in total. The smallest absolute Gasteiger partial charge is 0.306 e. The summed E-state index contributed by atoms with van der Waals surface area (Å²) in [4.78, 5) is 37.9. The first kappa shape index (κ1) is 57.9. The molecule has 0 aromatic rings. The van der Waals surface area contributed by atoms with Gasteiger partial charge in [-0.1, -0.05) is 203 Å². The molecule has 0 bridgehead atoms.